The first-order valence-corrected chi connectivity index (χ1v) is 7.81. The van der Waals surface area contributed by atoms with Crippen molar-refractivity contribution in [2.45, 2.75) is 18.8 Å². The van der Waals surface area contributed by atoms with E-state index in [1.165, 1.54) is 0 Å². The molecular weight excluding hydrogens is 296 g/mol. The molecule has 3 rings (SSSR count). The van der Waals surface area contributed by atoms with Gasteiger partial charge in [-0.25, -0.2) is 4.79 Å². The Labute approximate surface area is 134 Å². The standard InChI is InChI=1S/C17H20N2O4/c1-18-7-6-13(16(18)21)8-15(20)19-9-14(10-19)11-2-4-12(5-3-11)17(22)23/h2-5,13-14H,6-10H2,1H3,(H,22,23). The molecule has 2 saturated heterocycles. The molecular formula is C17H20N2O4. The first-order valence-electron chi connectivity index (χ1n) is 7.81. The molecule has 2 amide bonds. The van der Waals surface area contributed by atoms with Crippen molar-refractivity contribution in [3.8, 4) is 0 Å². The molecule has 122 valence electrons. The normalized spacial score (nSPS) is 21.4. The average molecular weight is 316 g/mol. The van der Waals surface area contributed by atoms with Crippen molar-refractivity contribution in [2.24, 2.45) is 5.92 Å². The number of aromatic carboxylic acids is 1. The summed E-state index contributed by atoms with van der Waals surface area (Å²) in [5, 5.41) is 8.89. The summed E-state index contributed by atoms with van der Waals surface area (Å²) in [6, 6.07) is 6.81. The number of hydrogen-bond donors (Lipinski definition) is 1. The van der Waals surface area contributed by atoms with E-state index in [1.54, 1.807) is 29.0 Å². The van der Waals surface area contributed by atoms with Gasteiger partial charge in [-0.2, -0.15) is 0 Å². The fraction of sp³-hybridized carbons (Fsp3) is 0.471. The second kappa shape index (κ2) is 6.02. The van der Waals surface area contributed by atoms with Gasteiger partial charge in [0, 0.05) is 44.9 Å². The average Bonchev–Trinajstić information content (AvgIpc) is 2.78. The van der Waals surface area contributed by atoms with Gasteiger partial charge in [-0.1, -0.05) is 12.1 Å². The van der Waals surface area contributed by atoms with E-state index in [1.807, 2.05) is 12.1 Å². The number of carboxylic acids is 1. The Morgan fingerprint density at radius 2 is 1.87 bits per heavy atom. The van der Waals surface area contributed by atoms with Crippen molar-refractivity contribution in [1.29, 1.82) is 0 Å². The topological polar surface area (TPSA) is 77.9 Å². The molecule has 0 saturated carbocycles. The van der Waals surface area contributed by atoms with Crippen LogP contribution in [0.25, 0.3) is 0 Å². The lowest BCUT2D eigenvalue weighted by Crippen LogP contribution is -2.49. The van der Waals surface area contributed by atoms with Gasteiger partial charge in [-0.05, 0) is 24.1 Å². The molecule has 23 heavy (non-hydrogen) atoms. The van der Waals surface area contributed by atoms with Gasteiger partial charge in [0.1, 0.15) is 0 Å². The third-order valence-corrected chi connectivity index (χ3v) is 4.82. The predicted molar refractivity (Wildman–Crippen MR) is 83.1 cm³/mol. The monoisotopic (exact) mass is 316 g/mol. The highest BCUT2D eigenvalue weighted by Crippen LogP contribution is 2.29. The molecule has 0 radical (unpaired) electrons. The molecule has 0 aromatic heterocycles. The van der Waals surface area contributed by atoms with E-state index in [0.29, 0.717) is 19.5 Å². The van der Waals surface area contributed by atoms with E-state index in [0.717, 1.165) is 18.5 Å². The van der Waals surface area contributed by atoms with E-state index < -0.39 is 5.97 Å². The molecule has 0 bridgehead atoms. The van der Waals surface area contributed by atoms with Crippen molar-refractivity contribution < 1.29 is 19.5 Å². The van der Waals surface area contributed by atoms with Crippen LogP contribution in [0.3, 0.4) is 0 Å². The SMILES string of the molecule is CN1CCC(CC(=O)N2CC(c3ccc(C(=O)O)cc3)C2)C1=O. The summed E-state index contributed by atoms with van der Waals surface area (Å²) in [6.45, 7) is 2.01. The molecule has 1 unspecified atom stereocenters. The first kappa shape index (κ1) is 15.5. The predicted octanol–water partition coefficient (Wildman–Crippen LogP) is 1.18. The van der Waals surface area contributed by atoms with E-state index in [4.69, 9.17) is 5.11 Å². The molecule has 2 aliphatic heterocycles. The van der Waals surface area contributed by atoms with E-state index >= 15 is 0 Å². The highest BCUT2D eigenvalue weighted by Gasteiger charge is 2.36. The lowest BCUT2D eigenvalue weighted by Gasteiger charge is -2.40. The number of carbonyl (C=O) groups is 3. The van der Waals surface area contributed by atoms with Crippen LogP contribution < -0.4 is 0 Å². The highest BCUT2D eigenvalue weighted by molar-refractivity contribution is 5.88. The van der Waals surface area contributed by atoms with Crippen molar-refractivity contribution in [2.75, 3.05) is 26.7 Å². The zero-order valence-electron chi connectivity index (χ0n) is 13.1. The minimum atomic E-state index is -0.937. The van der Waals surface area contributed by atoms with Gasteiger partial charge >= 0.3 is 5.97 Å². The molecule has 1 N–H and O–H groups in total. The van der Waals surface area contributed by atoms with Gasteiger partial charge < -0.3 is 14.9 Å². The van der Waals surface area contributed by atoms with E-state index in [-0.39, 0.29) is 29.2 Å². The second-order valence-corrected chi connectivity index (χ2v) is 6.37. The molecule has 2 heterocycles. The van der Waals surface area contributed by atoms with Gasteiger partial charge in [0.25, 0.3) is 0 Å². The summed E-state index contributed by atoms with van der Waals surface area (Å²) in [6.07, 6.45) is 1.06. The maximum Gasteiger partial charge on any atom is 0.335 e. The summed E-state index contributed by atoms with van der Waals surface area (Å²) in [7, 11) is 1.77. The quantitative estimate of drug-likeness (QED) is 0.905. The fourth-order valence-electron chi connectivity index (χ4n) is 3.21. The minimum Gasteiger partial charge on any atom is -0.478 e. The fourth-order valence-corrected chi connectivity index (χ4v) is 3.21. The second-order valence-electron chi connectivity index (χ2n) is 6.37. The molecule has 0 aliphatic carbocycles. The number of carbonyl (C=O) groups excluding carboxylic acids is 2. The van der Waals surface area contributed by atoms with Crippen LogP contribution in [0, 0.1) is 5.92 Å². The van der Waals surface area contributed by atoms with Crippen LogP contribution in [-0.4, -0.2) is 59.4 Å². The maximum atomic E-state index is 12.2. The summed E-state index contributed by atoms with van der Waals surface area (Å²) < 4.78 is 0. The molecule has 1 aromatic carbocycles. The van der Waals surface area contributed by atoms with E-state index in [9.17, 15) is 14.4 Å². The maximum absolute atomic E-state index is 12.2. The molecule has 0 spiro atoms. The van der Waals surface area contributed by atoms with Gasteiger partial charge in [-0.3, -0.25) is 9.59 Å². The summed E-state index contributed by atoms with van der Waals surface area (Å²) in [4.78, 5) is 38.4. The molecule has 1 atom stereocenters. The van der Waals surface area contributed by atoms with E-state index in [2.05, 4.69) is 0 Å². The summed E-state index contributed by atoms with van der Waals surface area (Å²) in [5.74, 6) is -0.741. The lowest BCUT2D eigenvalue weighted by molar-refractivity contribution is -0.140. The van der Waals surface area contributed by atoms with Crippen LogP contribution in [0.15, 0.2) is 24.3 Å². The van der Waals surface area contributed by atoms with Crippen LogP contribution in [0.5, 0.6) is 0 Å². The number of nitrogens with zero attached hydrogens (tertiary/aromatic N) is 2. The number of benzene rings is 1. The summed E-state index contributed by atoms with van der Waals surface area (Å²) in [5.41, 5.74) is 1.32. The van der Waals surface area contributed by atoms with Crippen LogP contribution in [0.1, 0.15) is 34.7 Å². The smallest absolute Gasteiger partial charge is 0.335 e. The van der Waals surface area contributed by atoms with Crippen LogP contribution >= 0.6 is 0 Å². The zero-order chi connectivity index (χ0) is 16.6. The van der Waals surface area contributed by atoms with Gasteiger partial charge in [0.15, 0.2) is 0 Å². The van der Waals surface area contributed by atoms with Crippen molar-refractivity contribution in [3.05, 3.63) is 35.4 Å². The molecule has 2 aliphatic rings. The van der Waals surface area contributed by atoms with Crippen LogP contribution in [-0.2, 0) is 9.59 Å². The Morgan fingerprint density at radius 1 is 1.22 bits per heavy atom. The Bertz CT molecular complexity index is 634. The first-order chi connectivity index (χ1) is 11.0. The van der Waals surface area contributed by atoms with Gasteiger partial charge in [0.2, 0.25) is 11.8 Å². The van der Waals surface area contributed by atoms with Crippen molar-refractivity contribution in [1.82, 2.24) is 9.80 Å². The lowest BCUT2D eigenvalue weighted by atomic mass is 9.90. The number of amides is 2. The third kappa shape index (κ3) is 3.06. The number of likely N-dealkylation sites (tertiary alicyclic amines) is 2. The van der Waals surface area contributed by atoms with Gasteiger partial charge in [-0.15, -0.1) is 0 Å². The zero-order valence-corrected chi connectivity index (χ0v) is 13.1. The summed E-state index contributed by atoms with van der Waals surface area (Å²) >= 11 is 0. The molecule has 6 heteroatoms. The van der Waals surface area contributed by atoms with Gasteiger partial charge in [0.05, 0.1) is 5.56 Å². The van der Waals surface area contributed by atoms with Crippen LogP contribution in [0.4, 0.5) is 0 Å². The molecule has 1 aromatic rings. The Morgan fingerprint density at radius 3 is 2.39 bits per heavy atom. The number of hydrogen-bond acceptors (Lipinski definition) is 3. The Balaban J connectivity index is 1.51. The Kier molecular flexibility index (Phi) is 4.07. The third-order valence-electron chi connectivity index (χ3n) is 4.82. The minimum absolute atomic E-state index is 0.0389. The van der Waals surface area contributed by atoms with Crippen LogP contribution in [0.2, 0.25) is 0 Å². The Hall–Kier alpha value is -2.37. The molecule has 6 nitrogen and oxygen atoms in total. The number of rotatable bonds is 4. The molecule has 2 fully saturated rings. The highest BCUT2D eigenvalue weighted by atomic mass is 16.4. The number of carboxylic acid groups (broad SMARTS) is 1. The largest absolute Gasteiger partial charge is 0.478 e. The van der Waals surface area contributed by atoms with Crippen molar-refractivity contribution >= 4 is 17.8 Å². The van der Waals surface area contributed by atoms with Crippen molar-refractivity contribution in [3.63, 3.8) is 0 Å².